The molecular weight excluding hydrogens is 494 g/mol. The Kier molecular flexibility index (Phi) is 12.2. The molecule has 0 saturated carbocycles. The number of rotatable bonds is 16. The van der Waals surface area contributed by atoms with E-state index in [-0.39, 0.29) is 6.61 Å². The van der Waals surface area contributed by atoms with E-state index in [1.54, 1.807) is 10.9 Å². The largest absolute Gasteiger partial charge is 0.394 e. The number of ether oxygens (including phenoxy) is 1. The molecule has 5 N–H and O–H groups in total. The monoisotopic (exact) mass is 546 g/mol. The molecule has 6 atom stereocenters. The fourth-order valence-electron chi connectivity index (χ4n) is 5.49. The van der Waals surface area contributed by atoms with Gasteiger partial charge in [0.15, 0.2) is 11.7 Å². The molecule has 39 heavy (non-hydrogen) atoms. The summed E-state index contributed by atoms with van der Waals surface area (Å²) in [4.78, 5) is 8.89. The summed E-state index contributed by atoms with van der Waals surface area (Å²) in [5, 5.41) is 29.8. The number of fused-ring (bicyclic) bond motifs is 1. The molecule has 1 aliphatic heterocycles. The standard InChI is InChI=1S/C30H51N5O4/c1-20(2)9-6-10-21(3)11-7-12-22(4)13-8-14-23(5)15-16-34-18-33-29-25(28(34)31)32-19-35(29)30-27(38)26(37)24(17-36)39-30/h15,18-22,24,26-27,30-31,36-38H,6-14,16-17H2,1-5H3/p+1/b23-15+/t21-,22-,24-,26-,27-,30-/m1/s1. The molecular formula is C30H52N5O4+. The predicted octanol–water partition coefficient (Wildman–Crippen LogP) is 4.30. The van der Waals surface area contributed by atoms with Crippen molar-refractivity contribution in [1.29, 1.82) is 0 Å². The lowest BCUT2D eigenvalue weighted by molar-refractivity contribution is -0.674. The van der Waals surface area contributed by atoms with Gasteiger partial charge in [0.2, 0.25) is 12.0 Å². The average Bonchev–Trinajstić information content (AvgIpc) is 3.44. The van der Waals surface area contributed by atoms with Gasteiger partial charge in [0.05, 0.1) is 13.2 Å². The quantitative estimate of drug-likeness (QED) is 0.182. The van der Waals surface area contributed by atoms with Crippen LogP contribution in [0.15, 0.2) is 24.3 Å². The molecule has 9 heteroatoms. The van der Waals surface area contributed by atoms with E-state index < -0.39 is 24.5 Å². The third-order valence-electron chi connectivity index (χ3n) is 8.21. The molecule has 3 heterocycles. The molecule has 0 aromatic carbocycles. The van der Waals surface area contributed by atoms with Gasteiger partial charge in [0.25, 0.3) is 5.82 Å². The van der Waals surface area contributed by atoms with E-state index in [1.165, 1.54) is 63.3 Å². The van der Waals surface area contributed by atoms with Crippen molar-refractivity contribution in [3.8, 4) is 0 Å². The normalized spacial score (nSPS) is 23.7. The van der Waals surface area contributed by atoms with Crippen LogP contribution >= 0.6 is 0 Å². The van der Waals surface area contributed by atoms with Gasteiger partial charge in [-0.15, -0.1) is 0 Å². The van der Waals surface area contributed by atoms with Crippen molar-refractivity contribution in [2.24, 2.45) is 17.8 Å². The van der Waals surface area contributed by atoms with Crippen LogP contribution in [0.25, 0.3) is 11.2 Å². The van der Waals surface area contributed by atoms with Crippen molar-refractivity contribution in [2.45, 2.75) is 123 Å². The van der Waals surface area contributed by atoms with Gasteiger partial charge in [-0.1, -0.05) is 89.3 Å². The molecule has 3 rings (SSSR count). The van der Waals surface area contributed by atoms with Crippen LogP contribution in [0, 0.1) is 17.8 Å². The van der Waals surface area contributed by atoms with Gasteiger partial charge in [-0.3, -0.25) is 4.57 Å². The van der Waals surface area contributed by atoms with Gasteiger partial charge in [0, 0.05) is 0 Å². The first-order valence-electron chi connectivity index (χ1n) is 14.9. The fourth-order valence-corrected chi connectivity index (χ4v) is 5.49. The van der Waals surface area contributed by atoms with Crippen LogP contribution in [0.4, 0.5) is 5.82 Å². The number of imidazole rings is 1. The van der Waals surface area contributed by atoms with Crippen molar-refractivity contribution in [1.82, 2.24) is 14.5 Å². The number of aromatic nitrogens is 4. The second-order valence-electron chi connectivity index (χ2n) is 12.2. The zero-order chi connectivity index (χ0) is 28.5. The lowest BCUT2D eigenvalue weighted by atomic mass is 9.91. The molecule has 220 valence electrons. The van der Waals surface area contributed by atoms with Gasteiger partial charge in [-0.25, -0.2) is 9.55 Å². The van der Waals surface area contributed by atoms with Crippen molar-refractivity contribution < 1.29 is 24.6 Å². The Bertz CT molecular complexity index is 1060. The summed E-state index contributed by atoms with van der Waals surface area (Å²) in [6, 6.07) is 0. The molecule has 0 aliphatic carbocycles. The maximum atomic E-state index is 10.4. The van der Waals surface area contributed by atoms with E-state index in [1.807, 2.05) is 4.57 Å². The molecule has 0 amide bonds. The first-order valence-corrected chi connectivity index (χ1v) is 14.9. The summed E-state index contributed by atoms with van der Waals surface area (Å²) < 4.78 is 9.02. The van der Waals surface area contributed by atoms with Crippen LogP contribution in [-0.2, 0) is 11.3 Å². The average molecular weight is 547 g/mol. The second kappa shape index (κ2) is 15.1. The Hall–Kier alpha value is -2.07. The van der Waals surface area contributed by atoms with E-state index in [9.17, 15) is 15.3 Å². The maximum Gasteiger partial charge on any atom is 0.251 e. The topological polar surface area (TPSA) is 131 Å². The molecule has 2 aromatic rings. The zero-order valence-corrected chi connectivity index (χ0v) is 24.7. The number of nitrogens with zero attached hydrogens (tertiary/aromatic N) is 4. The van der Waals surface area contributed by atoms with Crippen molar-refractivity contribution in [3.63, 3.8) is 0 Å². The lowest BCUT2D eigenvalue weighted by Gasteiger charge is -2.15. The van der Waals surface area contributed by atoms with Gasteiger partial charge >= 0.3 is 0 Å². The number of nitrogens with two attached hydrogens (primary N) is 1. The minimum absolute atomic E-state index is 0.389. The number of allylic oxidation sites excluding steroid dienone is 2. The molecule has 1 saturated heterocycles. The Morgan fingerprint density at radius 2 is 1.67 bits per heavy atom. The Morgan fingerprint density at radius 1 is 1.03 bits per heavy atom. The minimum Gasteiger partial charge on any atom is -0.394 e. The second-order valence-corrected chi connectivity index (χ2v) is 12.2. The number of anilines is 1. The van der Waals surface area contributed by atoms with Gasteiger partial charge in [-0.05, 0) is 37.5 Å². The molecule has 1 fully saturated rings. The van der Waals surface area contributed by atoms with Gasteiger partial charge < -0.3 is 25.8 Å². The highest BCUT2D eigenvalue weighted by Crippen LogP contribution is 2.31. The van der Waals surface area contributed by atoms with E-state index in [2.05, 4.69) is 50.7 Å². The van der Waals surface area contributed by atoms with Crippen LogP contribution in [0.1, 0.15) is 98.6 Å². The third kappa shape index (κ3) is 8.71. The van der Waals surface area contributed by atoms with E-state index in [0.717, 1.165) is 24.2 Å². The first kappa shape index (κ1) is 31.5. The summed E-state index contributed by atoms with van der Waals surface area (Å²) in [5.74, 6) is 2.91. The first-order chi connectivity index (χ1) is 18.6. The molecule has 0 unspecified atom stereocenters. The highest BCUT2D eigenvalue weighted by atomic mass is 16.6. The van der Waals surface area contributed by atoms with Crippen molar-refractivity contribution >= 4 is 17.0 Å². The van der Waals surface area contributed by atoms with Crippen LogP contribution < -0.4 is 10.3 Å². The van der Waals surface area contributed by atoms with Crippen LogP contribution in [-0.4, -0.2) is 54.8 Å². The van der Waals surface area contributed by atoms with Crippen molar-refractivity contribution in [3.05, 3.63) is 24.3 Å². The smallest absolute Gasteiger partial charge is 0.251 e. The zero-order valence-electron chi connectivity index (χ0n) is 24.7. The Balaban J connectivity index is 1.44. The summed E-state index contributed by atoms with van der Waals surface area (Å²) in [6.45, 7) is 11.8. The Morgan fingerprint density at radius 3 is 2.28 bits per heavy atom. The summed E-state index contributed by atoms with van der Waals surface area (Å²) in [6.07, 6.45) is 12.8. The highest BCUT2D eigenvalue weighted by molar-refractivity contribution is 5.79. The summed E-state index contributed by atoms with van der Waals surface area (Å²) in [5.41, 5.74) is 8.70. The molecule has 9 nitrogen and oxygen atoms in total. The summed E-state index contributed by atoms with van der Waals surface area (Å²) in [7, 11) is 0. The third-order valence-corrected chi connectivity index (χ3v) is 8.21. The lowest BCUT2D eigenvalue weighted by Crippen LogP contribution is -2.37. The number of hydrogen-bond acceptors (Lipinski definition) is 7. The van der Waals surface area contributed by atoms with Gasteiger partial charge in [0.1, 0.15) is 24.6 Å². The summed E-state index contributed by atoms with van der Waals surface area (Å²) >= 11 is 0. The van der Waals surface area contributed by atoms with E-state index >= 15 is 0 Å². The number of aliphatic hydroxyl groups is 3. The van der Waals surface area contributed by atoms with E-state index in [4.69, 9.17) is 10.5 Å². The molecule has 0 bridgehead atoms. The van der Waals surface area contributed by atoms with E-state index in [0.29, 0.717) is 23.5 Å². The molecule has 0 radical (unpaired) electrons. The molecule has 0 spiro atoms. The number of hydrogen-bond donors (Lipinski definition) is 4. The highest BCUT2D eigenvalue weighted by Gasteiger charge is 2.44. The van der Waals surface area contributed by atoms with Crippen LogP contribution in [0.2, 0.25) is 0 Å². The number of aliphatic hydroxyl groups excluding tert-OH is 3. The SMILES string of the molecule is C/C(=C\C[n+]1cnc2c(ncn2[C@@H]2O[C@H](CO)[C@@H](O)[C@H]2O)c1N)CCC[C@H](C)CCC[C@H](C)CCCC(C)C. The molecule has 1 aliphatic rings. The minimum atomic E-state index is -1.20. The van der Waals surface area contributed by atoms with Crippen LogP contribution in [0.5, 0.6) is 0 Å². The van der Waals surface area contributed by atoms with Crippen LogP contribution in [0.3, 0.4) is 0 Å². The van der Waals surface area contributed by atoms with Crippen molar-refractivity contribution in [2.75, 3.05) is 12.3 Å². The molecule has 2 aromatic heterocycles. The Labute approximate surface area is 234 Å². The number of nitrogen functional groups attached to an aromatic ring is 1. The van der Waals surface area contributed by atoms with Gasteiger partial charge in [-0.2, -0.15) is 0 Å². The fraction of sp³-hybridized carbons (Fsp3) is 0.767. The predicted molar refractivity (Wildman–Crippen MR) is 154 cm³/mol. The maximum absolute atomic E-state index is 10.4.